The normalized spacial score (nSPS) is 26.8. The molecule has 3 unspecified atom stereocenters. The van der Waals surface area contributed by atoms with Crippen molar-refractivity contribution < 1.29 is 4.74 Å². The van der Waals surface area contributed by atoms with Crippen LogP contribution in [0.3, 0.4) is 0 Å². The maximum Gasteiger partial charge on any atom is 0.191 e. The van der Waals surface area contributed by atoms with Gasteiger partial charge in [0.1, 0.15) is 0 Å². The highest BCUT2D eigenvalue weighted by atomic mass is 127. The van der Waals surface area contributed by atoms with Crippen LogP contribution in [0.25, 0.3) is 0 Å². The molecule has 0 aromatic carbocycles. The molecule has 2 aliphatic heterocycles. The van der Waals surface area contributed by atoms with Crippen molar-refractivity contribution in [2.24, 2.45) is 12.0 Å². The second kappa shape index (κ2) is 8.14. The summed E-state index contributed by atoms with van der Waals surface area (Å²) in [5.41, 5.74) is 1.22. The highest BCUT2D eigenvalue weighted by Crippen LogP contribution is 2.34. The quantitative estimate of drug-likeness (QED) is 0.431. The molecule has 1 aromatic rings. The molecule has 7 heteroatoms. The molecule has 3 heterocycles. The summed E-state index contributed by atoms with van der Waals surface area (Å²) in [6.45, 7) is 3.73. The number of aliphatic imine (C=N–C) groups is 1. The van der Waals surface area contributed by atoms with E-state index in [0.717, 1.165) is 31.9 Å². The van der Waals surface area contributed by atoms with Crippen molar-refractivity contribution in [1.29, 1.82) is 0 Å². The van der Waals surface area contributed by atoms with Gasteiger partial charge in [0.05, 0.1) is 24.4 Å². The number of hydrogen-bond acceptors (Lipinski definition) is 3. The van der Waals surface area contributed by atoms with Crippen LogP contribution >= 0.6 is 24.0 Å². The SMILES string of the molecule is CCNC(=NCCc1cnn(C)c1)NC1CC2CCC1O2.I. The summed E-state index contributed by atoms with van der Waals surface area (Å²) in [6.07, 6.45) is 9.20. The van der Waals surface area contributed by atoms with Crippen molar-refractivity contribution in [1.82, 2.24) is 20.4 Å². The summed E-state index contributed by atoms with van der Waals surface area (Å²) < 4.78 is 7.71. The minimum absolute atomic E-state index is 0. The standard InChI is InChI=1S/C15H25N5O.HI/c1-3-16-15(17-7-6-11-9-18-20(2)10-11)19-13-8-12-4-5-14(13)21-12;/h9-10,12-14H,3-8H2,1-2H3,(H2,16,17,19);1H. The van der Waals surface area contributed by atoms with Crippen LogP contribution in [0.2, 0.25) is 0 Å². The van der Waals surface area contributed by atoms with Crippen molar-refractivity contribution in [3.63, 3.8) is 0 Å². The van der Waals surface area contributed by atoms with Crippen LogP contribution in [-0.4, -0.2) is 47.1 Å². The van der Waals surface area contributed by atoms with Crippen LogP contribution in [0.4, 0.5) is 0 Å². The van der Waals surface area contributed by atoms with Crippen molar-refractivity contribution in [3.05, 3.63) is 18.0 Å². The van der Waals surface area contributed by atoms with Gasteiger partial charge in [0, 0.05) is 26.3 Å². The molecule has 6 nitrogen and oxygen atoms in total. The summed E-state index contributed by atoms with van der Waals surface area (Å²) in [5.74, 6) is 0.905. The molecule has 2 aliphatic rings. The van der Waals surface area contributed by atoms with Gasteiger partial charge in [0.25, 0.3) is 0 Å². The molecule has 1 aromatic heterocycles. The first-order valence-corrected chi connectivity index (χ1v) is 7.92. The van der Waals surface area contributed by atoms with Crippen LogP contribution in [0.5, 0.6) is 0 Å². The summed E-state index contributed by atoms with van der Waals surface area (Å²) in [6, 6.07) is 0.417. The Morgan fingerprint density at radius 2 is 2.36 bits per heavy atom. The lowest BCUT2D eigenvalue weighted by molar-refractivity contribution is 0.0992. The Bertz CT molecular complexity index is 504. The minimum atomic E-state index is 0. The third-order valence-corrected chi connectivity index (χ3v) is 4.20. The van der Waals surface area contributed by atoms with E-state index in [0.29, 0.717) is 18.2 Å². The molecule has 2 saturated heterocycles. The van der Waals surface area contributed by atoms with Crippen LogP contribution in [0.1, 0.15) is 31.7 Å². The molecule has 3 rings (SSSR count). The zero-order valence-electron chi connectivity index (χ0n) is 13.3. The predicted molar refractivity (Wildman–Crippen MR) is 97.7 cm³/mol. The summed E-state index contributed by atoms with van der Waals surface area (Å²) >= 11 is 0. The highest BCUT2D eigenvalue weighted by molar-refractivity contribution is 14.0. The molecule has 0 aliphatic carbocycles. The van der Waals surface area contributed by atoms with Gasteiger partial charge in [-0.05, 0) is 38.2 Å². The van der Waals surface area contributed by atoms with Gasteiger partial charge in [-0.1, -0.05) is 0 Å². The molecule has 0 saturated carbocycles. The molecular weight excluding hydrogens is 393 g/mol. The summed E-state index contributed by atoms with van der Waals surface area (Å²) in [5, 5.41) is 11.0. The number of fused-ring (bicyclic) bond motifs is 2. The number of ether oxygens (including phenoxy) is 1. The molecule has 0 radical (unpaired) electrons. The monoisotopic (exact) mass is 419 g/mol. The van der Waals surface area contributed by atoms with Crippen LogP contribution in [0.15, 0.2) is 17.4 Å². The average Bonchev–Trinajstić information content (AvgIpc) is 3.16. The molecule has 124 valence electrons. The molecule has 2 N–H and O–H groups in total. The van der Waals surface area contributed by atoms with E-state index in [9.17, 15) is 0 Å². The maximum atomic E-state index is 5.88. The van der Waals surface area contributed by atoms with E-state index in [1.54, 1.807) is 0 Å². The van der Waals surface area contributed by atoms with Crippen molar-refractivity contribution in [2.45, 2.75) is 50.9 Å². The third-order valence-electron chi connectivity index (χ3n) is 4.20. The minimum Gasteiger partial charge on any atom is -0.373 e. The average molecular weight is 419 g/mol. The van der Waals surface area contributed by atoms with Crippen molar-refractivity contribution >= 4 is 29.9 Å². The van der Waals surface area contributed by atoms with E-state index in [2.05, 4.69) is 27.6 Å². The topological polar surface area (TPSA) is 63.5 Å². The molecule has 2 bridgehead atoms. The van der Waals surface area contributed by atoms with Crippen molar-refractivity contribution in [3.8, 4) is 0 Å². The number of nitrogens with one attached hydrogen (secondary N) is 2. The van der Waals surface area contributed by atoms with E-state index >= 15 is 0 Å². The van der Waals surface area contributed by atoms with E-state index in [1.807, 2.05) is 24.1 Å². The van der Waals surface area contributed by atoms with E-state index < -0.39 is 0 Å². The number of nitrogens with zero attached hydrogens (tertiary/aromatic N) is 3. The number of hydrogen-bond donors (Lipinski definition) is 2. The molecule has 0 amide bonds. The van der Waals surface area contributed by atoms with Crippen LogP contribution in [0, 0.1) is 0 Å². The molecule has 2 fully saturated rings. The Balaban J connectivity index is 0.00000176. The maximum absolute atomic E-state index is 5.88. The molecule has 22 heavy (non-hydrogen) atoms. The zero-order valence-corrected chi connectivity index (χ0v) is 15.6. The zero-order chi connectivity index (χ0) is 14.7. The van der Waals surface area contributed by atoms with Crippen LogP contribution < -0.4 is 10.6 Å². The van der Waals surface area contributed by atoms with E-state index in [4.69, 9.17) is 4.74 Å². The van der Waals surface area contributed by atoms with Gasteiger partial charge >= 0.3 is 0 Å². The number of rotatable bonds is 5. The van der Waals surface area contributed by atoms with Gasteiger partial charge in [0.15, 0.2) is 5.96 Å². The number of guanidine groups is 1. The van der Waals surface area contributed by atoms with Crippen LogP contribution in [-0.2, 0) is 18.2 Å². The summed E-state index contributed by atoms with van der Waals surface area (Å²) in [7, 11) is 1.94. The first-order valence-electron chi connectivity index (χ1n) is 7.92. The fraction of sp³-hybridized carbons (Fsp3) is 0.733. The molecule has 3 atom stereocenters. The van der Waals surface area contributed by atoms with Gasteiger partial charge < -0.3 is 15.4 Å². The Kier molecular flexibility index (Phi) is 6.49. The van der Waals surface area contributed by atoms with Gasteiger partial charge in [-0.25, -0.2) is 0 Å². The Hall–Kier alpha value is -0.830. The van der Waals surface area contributed by atoms with Gasteiger partial charge in [-0.15, -0.1) is 24.0 Å². The van der Waals surface area contributed by atoms with E-state index in [-0.39, 0.29) is 24.0 Å². The third kappa shape index (κ3) is 4.34. The Labute approximate surface area is 149 Å². The number of aromatic nitrogens is 2. The highest BCUT2D eigenvalue weighted by Gasteiger charge is 2.41. The lowest BCUT2D eigenvalue weighted by Crippen LogP contribution is -2.47. The van der Waals surface area contributed by atoms with E-state index in [1.165, 1.54) is 18.4 Å². The first-order chi connectivity index (χ1) is 10.2. The number of halogens is 1. The van der Waals surface area contributed by atoms with Gasteiger partial charge in [-0.3, -0.25) is 9.67 Å². The molecule has 0 spiro atoms. The number of aryl methyl sites for hydroxylation is 1. The smallest absolute Gasteiger partial charge is 0.191 e. The predicted octanol–water partition coefficient (Wildman–Crippen LogP) is 1.46. The van der Waals surface area contributed by atoms with Crippen molar-refractivity contribution in [2.75, 3.05) is 13.1 Å². The second-order valence-electron chi connectivity index (χ2n) is 5.89. The Morgan fingerprint density at radius 3 is 2.95 bits per heavy atom. The first kappa shape index (κ1) is 17.5. The fourth-order valence-corrected chi connectivity index (χ4v) is 3.18. The summed E-state index contributed by atoms with van der Waals surface area (Å²) in [4.78, 5) is 4.67. The van der Waals surface area contributed by atoms with Gasteiger partial charge in [-0.2, -0.15) is 5.10 Å². The lowest BCUT2D eigenvalue weighted by Gasteiger charge is -2.22. The largest absolute Gasteiger partial charge is 0.373 e. The Morgan fingerprint density at radius 1 is 1.50 bits per heavy atom. The lowest BCUT2D eigenvalue weighted by atomic mass is 9.96. The second-order valence-corrected chi connectivity index (χ2v) is 5.89. The molecular formula is C15H26IN5O. The van der Waals surface area contributed by atoms with Gasteiger partial charge in [0.2, 0.25) is 0 Å². The fourth-order valence-electron chi connectivity index (χ4n) is 3.18.